The molecular weight excluding hydrogens is 364 g/mol. The average molecular weight is 377 g/mol. The summed E-state index contributed by atoms with van der Waals surface area (Å²) in [5.41, 5.74) is 1.08. The molecule has 1 aromatic carbocycles. The van der Waals surface area contributed by atoms with E-state index in [0.717, 1.165) is 11.8 Å². The van der Waals surface area contributed by atoms with E-state index >= 15 is 0 Å². The largest absolute Gasteiger partial charge is 0.495 e. The fourth-order valence-electron chi connectivity index (χ4n) is 1.95. The Hall–Kier alpha value is -2.58. The molecule has 7 nitrogen and oxygen atoms in total. The fourth-order valence-corrected chi connectivity index (χ4v) is 2.69. The summed E-state index contributed by atoms with van der Waals surface area (Å²) in [7, 11) is 1.52. The first-order valence-electron chi connectivity index (χ1n) is 7.17. The molecule has 0 atom stereocenters. The van der Waals surface area contributed by atoms with E-state index in [-0.39, 0.29) is 16.9 Å². The molecule has 0 unspecified atom stereocenters. The van der Waals surface area contributed by atoms with Gasteiger partial charge < -0.3 is 14.5 Å². The molecule has 1 amide bonds. The van der Waals surface area contributed by atoms with Crippen molar-refractivity contribution in [3.05, 3.63) is 47.6 Å². The standard InChI is InChI=1S/C16H13ClN4O3S/c1-23-13-6-5-10(17)8-12(13)19-14(22)9-25-16-21-20-15(24-16)11-4-2-3-7-18-11/h2-8H,9H2,1H3,(H,19,22). The van der Waals surface area contributed by atoms with Crippen LogP contribution in [-0.4, -0.2) is 34.0 Å². The van der Waals surface area contributed by atoms with Crippen molar-refractivity contribution in [3.63, 3.8) is 0 Å². The van der Waals surface area contributed by atoms with Gasteiger partial charge >= 0.3 is 0 Å². The van der Waals surface area contributed by atoms with Crippen LogP contribution in [0.15, 0.2) is 52.2 Å². The molecule has 0 saturated carbocycles. The van der Waals surface area contributed by atoms with E-state index in [2.05, 4.69) is 20.5 Å². The summed E-state index contributed by atoms with van der Waals surface area (Å²) in [6, 6.07) is 10.4. The summed E-state index contributed by atoms with van der Waals surface area (Å²) >= 11 is 7.07. The van der Waals surface area contributed by atoms with Crippen molar-refractivity contribution in [3.8, 4) is 17.3 Å². The van der Waals surface area contributed by atoms with Gasteiger partial charge in [0.1, 0.15) is 11.4 Å². The third-order valence-electron chi connectivity index (χ3n) is 3.05. The second-order valence-corrected chi connectivity index (χ2v) is 6.13. The number of carbonyl (C=O) groups excluding carboxylic acids is 1. The maximum absolute atomic E-state index is 12.1. The lowest BCUT2D eigenvalue weighted by molar-refractivity contribution is -0.113. The second kappa shape index (κ2) is 8.00. The van der Waals surface area contributed by atoms with Crippen LogP contribution in [0.2, 0.25) is 5.02 Å². The molecule has 0 spiro atoms. The molecule has 0 aliphatic rings. The minimum Gasteiger partial charge on any atom is -0.495 e. The molecule has 3 rings (SSSR count). The van der Waals surface area contributed by atoms with Gasteiger partial charge in [-0.2, -0.15) is 0 Å². The molecule has 0 aliphatic heterocycles. The average Bonchev–Trinajstić information content (AvgIpc) is 3.10. The van der Waals surface area contributed by atoms with Crippen molar-refractivity contribution in [2.45, 2.75) is 5.22 Å². The van der Waals surface area contributed by atoms with Gasteiger partial charge in [-0.15, -0.1) is 10.2 Å². The highest BCUT2D eigenvalue weighted by Crippen LogP contribution is 2.28. The lowest BCUT2D eigenvalue weighted by Crippen LogP contribution is -2.14. The third kappa shape index (κ3) is 4.49. The van der Waals surface area contributed by atoms with Gasteiger partial charge in [-0.1, -0.05) is 29.4 Å². The van der Waals surface area contributed by atoms with E-state index in [9.17, 15) is 4.79 Å². The van der Waals surface area contributed by atoms with Crippen molar-refractivity contribution >= 4 is 35.0 Å². The van der Waals surface area contributed by atoms with Crippen molar-refractivity contribution in [1.29, 1.82) is 0 Å². The van der Waals surface area contributed by atoms with Crippen LogP contribution in [0, 0.1) is 0 Å². The summed E-state index contributed by atoms with van der Waals surface area (Å²) in [6.45, 7) is 0. The first-order chi connectivity index (χ1) is 12.2. The zero-order valence-electron chi connectivity index (χ0n) is 13.1. The number of carbonyl (C=O) groups is 1. The van der Waals surface area contributed by atoms with E-state index < -0.39 is 0 Å². The number of methoxy groups -OCH3 is 1. The predicted molar refractivity (Wildman–Crippen MR) is 94.9 cm³/mol. The molecule has 2 aromatic heterocycles. The minimum absolute atomic E-state index is 0.0967. The number of anilines is 1. The van der Waals surface area contributed by atoms with E-state index in [1.807, 2.05) is 6.07 Å². The number of nitrogens with zero attached hydrogens (tertiary/aromatic N) is 3. The van der Waals surface area contributed by atoms with Gasteiger partial charge in [-0.05, 0) is 30.3 Å². The van der Waals surface area contributed by atoms with E-state index in [1.54, 1.807) is 36.5 Å². The molecule has 0 aliphatic carbocycles. The molecule has 0 fully saturated rings. The number of ether oxygens (including phenoxy) is 1. The second-order valence-electron chi connectivity index (χ2n) is 4.77. The van der Waals surface area contributed by atoms with Gasteiger partial charge in [-0.25, -0.2) is 0 Å². The normalized spacial score (nSPS) is 10.5. The summed E-state index contributed by atoms with van der Waals surface area (Å²) in [6.07, 6.45) is 1.64. The number of pyridine rings is 1. The van der Waals surface area contributed by atoms with Gasteiger partial charge in [0, 0.05) is 11.2 Å². The zero-order valence-corrected chi connectivity index (χ0v) is 14.7. The van der Waals surface area contributed by atoms with Gasteiger partial charge in [0.05, 0.1) is 18.6 Å². The van der Waals surface area contributed by atoms with Crippen molar-refractivity contribution in [2.75, 3.05) is 18.2 Å². The van der Waals surface area contributed by atoms with Crippen LogP contribution >= 0.6 is 23.4 Å². The summed E-state index contributed by atoms with van der Waals surface area (Å²) in [4.78, 5) is 16.2. The van der Waals surface area contributed by atoms with Crippen molar-refractivity contribution in [2.24, 2.45) is 0 Å². The highest BCUT2D eigenvalue weighted by molar-refractivity contribution is 7.99. The molecule has 2 heterocycles. The van der Waals surface area contributed by atoms with Crippen LogP contribution in [0.3, 0.4) is 0 Å². The number of thioether (sulfide) groups is 1. The molecule has 0 radical (unpaired) electrons. The maximum atomic E-state index is 12.1. The minimum atomic E-state index is -0.247. The first-order valence-corrected chi connectivity index (χ1v) is 8.53. The Labute approximate surface area is 152 Å². The van der Waals surface area contributed by atoms with E-state index in [0.29, 0.717) is 28.0 Å². The number of hydrogen-bond acceptors (Lipinski definition) is 7. The highest BCUT2D eigenvalue weighted by Gasteiger charge is 2.13. The number of rotatable bonds is 6. The molecule has 1 N–H and O–H groups in total. The van der Waals surface area contributed by atoms with Gasteiger partial charge in [0.15, 0.2) is 0 Å². The molecule has 9 heteroatoms. The van der Waals surface area contributed by atoms with Gasteiger partial charge in [0.2, 0.25) is 5.91 Å². The SMILES string of the molecule is COc1ccc(Cl)cc1NC(=O)CSc1nnc(-c2ccccn2)o1. The van der Waals surface area contributed by atoms with E-state index in [4.69, 9.17) is 20.8 Å². The molecule has 0 saturated heterocycles. The molecule has 128 valence electrons. The third-order valence-corrected chi connectivity index (χ3v) is 4.11. The van der Waals surface area contributed by atoms with Crippen LogP contribution in [0.25, 0.3) is 11.6 Å². The maximum Gasteiger partial charge on any atom is 0.277 e. The number of amides is 1. The quantitative estimate of drug-likeness (QED) is 0.658. The summed E-state index contributed by atoms with van der Waals surface area (Å²) in [5.74, 6) is 0.681. The van der Waals surface area contributed by atoms with Crippen LogP contribution in [0.1, 0.15) is 0 Å². The van der Waals surface area contributed by atoms with Crippen LogP contribution in [0.4, 0.5) is 5.69 Å². The van der Waals surface area contributed by atoms with Crippen molar-refractivity contribution in [1.82, 2.24) is 15.2 Å². The summed E-state index contributed by atoms with van der Waals surface area (Å²) < 4.78 is 10.7. The fraction of sp³-hybridized carbons (Fsp3) is 0.125. The van der Waals surface area contributed by atoms with Gasteiger partial charge in [0.25, 0.3) is 11.1 Å². The number of nitrogens with one attached hydrogen (secondary N) is 1. The Bertz CT molecular complexity index is 873. The van der Waals surface area contributed by atoms with Crippen LogP contribution < -0.4 is 10.1 Å². The first kappa shape index (κ1) is 17.2. The number of benzene rings is 1. The highest BCUT2D eigenvalue weighted by atomic mass is 35.5. The molecule has 3 aromatic rings. The summed E-state index contributed by atoms with van der Waals surface area (Å²) in [5, 5.41) is 11.3. The Morgan fingerprint density at radius 2 is 2.20 bits per heavy atom. The lowest BCUT2D eigenvalue weighted by Gasteiger charge is -2.09. The monoisotopic (exact) mass is 376 g/mol. The number of halogens is 1. The van der Waals surface area contributed by atoms with Gasteiger partial charge in [-0.3, -0.25) is 9.78 Å². The lowest BCUT2D eigenvalue weighted by atomic mass is 10.3. The Balaban J connectivity index is 1.60. The Morgan fingerprint density at radius 1 is 1.32 bits per heavy atom. The topological polar surface area (TPSA) is 90.1 Å². The zero-order chi connectivity index (χ0) is 17.6. The van der Waals surface area contributed by atoms with Crippen LogP contribution in [0.5, 0.6) is 5.75 Å². The number of aromatic nitrogens is 3. The molecule has 0 bridgehead atoms. The van der Waals surface area contributed by atoms with Crippen LogP contribution in [-0.2, 0) is 4.79 Å². The predicted octanol–water partition coefficient (Wildman–Crippen LogP) is 3.52. The Kier molecular flexibility index (Phi) is 5.52. The number of hydrogen-bond donors (Lipinski definition) is 1. The van der Waals surface area contributed by atoms with E-state index in [1.165, 1.54) is 7.11 Å². The Morgan fingerprint density at radius 3 is 2.96 bits per heavy atom. The smallest absolute Gasteiger partial charge is 0.277 e. The van der Waals surface area contributed by atoms with Crippen molar-refractivity contribution < 1.29 is 13.9 Å². The molecular formula is C16H13ClN4O3S. The molecule has 25 heavy (non-hydrogen) atoms.